The first kappa shape index (κ1) is 34.6. The number of fused-ring (bicyclic) bond motifs is 1. The Morgan fingerprint density at radius 1 is 0.800 bits per heavy atom. The van der Waals surface area contributed by atoms with Crippen molar-refractivity contribution in [3.63, 3.8) is 0 Å². The highest BCUT2D eigenvalue weighted by atomic mass is 32.2. The molecule has 0 aliphatic carbocycles. The first-order chi connectivity index (χ1) is 23.9. The van der Waals surface area contributed by atoms with Gasteiger partial charge in [-0.15, -0.1) is 0 Å². The van der Waals surface area contributed by atoms with Crippen molar-refractivity contribution in [1.82, 2.24) is 5.32 Å². The highest BCUT2D eigenvalue weighted by Gasteiger charge is 2.23. The third-order valence-electron chi connectivity index (χ3n) is 9.07. The van der Waals surface area contributed by atoms with Crippen molar-refractivity contribution in [3.8, 4) is 28.0 Å². The second kappa shape index (κ2) is 14.7. The van der Waals surface area contributed by atoms with E-state index in [1.807, 2.05) is 60.7 Å². The van der Waals surface area contributed by atoms with Crippen molar-refractivity contribution in [2.45, 2.75) is 39.5 Å². The van der Waals surface area contributed by atoms with Crippen LogP contribution in [0.25, 0.3) is 22.3 Å². The van der Waals surface area contributed by atoms with Gasteiger partial charge in [-0.25, -0.2) is 0 Å². The Bertz CT molecular complexity index is 2120. The second-order valence-electron chi connectivity index (χ2n) is 12.9. The number of nitrogens with one attached hydrogen (secondary N) is 2. The van der Waals surface area contributed by atoms with Gasteiger partial charge in [0, 0.05) is 24.2 Å². The van der Waals surface area contributed by atoms with Crippen LogP contribution in [0.1, 0.15) is 49.7 Å². The van der Waals surface area contributed by atoms with Gasteiger partial charge in [-0.1, -0.05) is 72.3 Å². The molecule has 8 nitrogen and oxygen atoms in total. The summed E-state index contributed by atoms with van der Waals surface area (Å²) in [7, 11) is -4.18. The van der Waals surface area contributed by atoms with E-state index in [0.717, 1.165) is 40.0 Å². The van der Waals surface area contributed by atoms with E-state index in [1.54, 1.807) is 24.3 Å². The first-order valence-electron chi connectivity index (χ1n) is 16.6. The fourth-order valence-electron chi connectivity index (χ4n) is 6.64. The molecule has 1 aliphatic heterocycles. The molecular formula is C41H40N2O6S. The molecule has 1 aliphatic rings. The fraction of sp³-hybridized carbons (Fsp3) is 0.220. The molecule has 0 radical (unpaired) electrons. The molecule has 6 rings (SSSR count). The Balaban J connectivity index is 1.23. The van der Waals surface area contributed by atoms with E-state index in [-0.39, 0.29) is 12.5 Å². The summed E-state index contributed by atoms with van der Waals surface area (Å²) in [4.78, 5) is 26.5. The number of ether oxygens (including phenoxy) is 1. The van der Waals surface area contributed by atoms with Crippen LogP contribution in [-0.2, 0) is 27.8 Å². The number of aryl methyl sites for hydroxylation is 3. The molecule has 9 heteroatoms. The van der Waals surface area contributed by atoms with E-state index in [4.69, 9.17) is 9.29 Å². The molecule has 0 bridgehead atoms. The fourth-order valence-corrected chi connectivity index (χ4v) is 7.00. The molecule has 50 heavy (non-hydrogen) atoms. The molecule has 1 heterocycles. The third kappa shape index (κ3) is 8.30. The van der Waals surface area contributed by atoms with Gasteiger partial charge in [0.2, 0.25) is 5.91 Å². The van der Waals surface area contributed by atoms with Crippen molar-refractivity contribution in [2.24, 2.45) is 0 Å². The minimum Gasteiger partial charge on any atom is -0.493 e. The van der Waals surface area contributed by atoms with E-state index in [9.17, 15) is 18.0 Å². The largest absolute Gasteiger partial charge is 0.493 e. The normalized spacial score (nSPS) is 12.9. The van der Waals surface area contributed by atoms with Crippen molar-refractivity contribution in [2.75, 3.05) is 24.2 Å². The number of benzene rings is 5. The lowest BCUT2D eigenvalue weighted by Crippen LogP contribution is -2.28. The molecule has 0 unspecified atom stereocenters. The maximum absolute atomic E-state index is 14.0. The Morgan fingerprint density at radius 3 is 2.10 bits per heavy atom. The molecular weight excluding hydrogens is 649 g/mol. The summed E-state index contributed by atoms with van der Waals surface area (Å²) in [6.07, 6.45) is 1.27. The van der Waals surface area contributed by atoms with Crippen LogP contribution in [0.2, 0.25) is 0 Å². The molecule has 2 amide bonds. The van der Waals surface area contributed by atoms with Gasteiger partial charge in [-0.05, 0) is 114 Å². The second-order valence-corrected chi connectivity index (χ2v) is 14.5. The van der Waals surface area contributed by atoms with Gasteiger partial charge in [0.15, 0.2) is 0 Å². The number of amides is 2. The SMILES string of the molecule is Cc1cc(C)c(-c2ccc(NC(=O)[C@H](Cc3ccc(C(=O)NCCS(=O)(=O)O)cc3)c3ccc(-c4ccc5c(c4)CCO5)cc3)cc2)c(C)c1. The molecule has 0 aromatic heterocycles. The van der Waals surface area contributed by atoms with Gasteiger partial charge in [0.1, 0.15) is 5.75 Å². The van der Waals surface area contributed by atoms with Crippen molar-refractivity contribution >= 4 is 27.6 Å². The Kier molecular flexibility index (Phi) is 10.2. The van der Waals surface area contributed by atoms with E-state index < -0.39 is 27.7 Å². The molecule has 1 atom stereocenters. The number of hydrogen-bond acceptors (Lipinski definition) is 5. The van der Waals surface area contributed by atoms with Crippen molar-refractivity contribution in [1.29, 1.82) is 0 Å². The molecule has 0 saturated carbocycles. The van der Waals surface area contributed by atoms with Crippen LogP contribution in [-0.4, -0.2) is 43.7 Å². The summed E-state index contributed by atoms with van der Waals surface area (Å²) in [5.41, 5.74) is 12.0. The summed E-state index contributed by atoms with van der Waals surface area (Å²) in [5.74, 6) is -0.784. The van der Waals surface area contributed by atoms with Crippen LogP contribution < -0.4 is 15.4 Å². The lowest BCUT2D eigenvalue weighted by molar-refractivity contribution is -0.117. The number of carbonyl (C=O) groups is 2. The summed E-state index contributed by atoms with van der Waals surface area (Å²) in [5, 5.41) is 5.62. The average Bonchev–Trinajstić information content (AvgIpc) is 3.55. The van der Waals surface area contributed by atoms with Gasteiger partial charge in [0.25, 0.3) is 16.0 Å². The maximum atomic E-state index is 14.0. The van der Waals surface area contributed by atoms with E-state index in [0.29, 0.717) is 24.3 Å². The average molecular weight is 689 g/mol. The summed E-state index contributed by atoms with van der Waals surface area (Å²) >= 11 is 0. The van der Waals surface area contributed by atoms with E-state index in [2.05, 4.69) is 49.6 Å². The maximum Gasteiger partial charge on any atom is 0.266 e. The van der Waals surface area contributed by atoms with Gasteiger partial charge >= 0.3 is 0 Å². The van der Waals surface area contributed by atoms with Crippen LogP contribution in [0.4, 0.5) is 5.69 Å². The lowest BCUT2D eigenvalue weighted by Gasteiger charge is -2.19. The van der Waals surface area contributed by atoms with E-state index >= 15 is 0 Å². The lowest BCUT2D eigenvalue weighted by atomic mass is 9.89. The van der Waals surface area contributed by atoms with Crippen molar-refractivity contribution in [3.05, 3.63) is 142 Å². The molecule has 5 aromatic rings. The topological polar surface area (TPSA) is 122 Å². The number of rotatable bonds is 11. The third-order valence-corrected chi connectivity index (χ3v) is 9.79. The zero-order valence-electron chi connectivity index (χ0n) is 28.3. The van der Waals surface area contributed by atoms with Gasteiger partial charge in [-0.2, -0.15) is 8.42 Å². The number of anilines is 1. The molecule has 5 aromatic carbocycles. The zero-order valence-corrected chi connectivity index (χ0v) is 29.1. The number of carbonyl (C=O) groups excluding carboxylic acids is 2. The summed E-state index contributed by atoms with van der Waals surface area (Å²) < 4.78 is 36.6. The smallest absolute Gasteiger partial charge is 0.266 e. The zero-order chi connectivity index (χ0) is 35.4. The minimum atomic E-state index is -4.18. The van der Waals surface area contributed by atoms with Crippen LogP contribution in [0.15, 0.2) is 103 Å². The molecule has 3 N–H and O–H groups in total. The predicted molar refractivity (Wildman–Crippen MR) is 197 cm³/mol. The first-order valence-corrected chi connectivity index (χ1v) is 18.2. The van der Waals surface area contributed by atoms with Crippen LogP contribution in [0, 0.1) is 20.8 Å². The van der Waals surface area contributed by atoms with Gasteiger partial charge in [-0.3, -0.25) is 14.1 Å². The highest BCUT2D eigenvalue weighted by molar-refractivity contribution is 7.85. The number of hydrogen-bond donors (Lipinski definition) is 3. The van der Waals surface area contributed by atoms with Gasteiger partial charge < -0.3 is 15.4 Å². The predicted octanol–water partition coefficient (Wildman–Crippen LogP) is 7.46. The molecule has 0 fully saturated rings. The summed E-state index contributed by atoms with van der Waals surface area (Å²) in [6, 6.07) is 33.4. The summed E-state index contributed by atoms with van der Waals surface area (Å²) in [6.45, 7) is 6.81. The van der Waals surface area contributed by atoms with E-state index in [1.165, 1.54) is 27.8 Å². The molecule has 256 valence electrons. The Hall–Kier alpha value is -5.25. The van der Waals surface area contributed by atoms with Crippen LogP contribution in [0.5, 0.6) is 5.75 Å². The molecule has 0 spiro atoms. The Labute approximate surface area is 293 Å². The quantitative estimate of drug-likeness (QED) is 0.124. The minimum absolute atomic E-state index is 0.157. The van der Waals surface area contributed by atoms with Crippen LogP contribution in [0.3, 0.4) is 0 Å². The molecule has 0 saturated heterocycles. The Morgan fingerprint density at radius 2 is 1.44 bits per heavy atom. The van der Waals surface area contributed by atoms with Crippen LogP contribution >= 0.6 is 0 Å². The van der Waals surface area contributed by atoms with Crippen molar-refractivity contribution < 1.29 is 27.3 Å². The monoisotopic (exact) mass is 688 g/mol. The van der Waals surface area contributed by atoms with Gasteiger partial charge in [0.05, 0.1) is 18.3 Å². The highest BCUT2D eigenvalue weighted by Crippen LogP contribution is 2.33. The standard InChI is InChI=1S/C41H40N2O6S/c1-26-22-27(2)39(28(3)23-26)32-12-15-36(16-13-32)43-41(45)37(24-29-4-6-33(7-5-29)40(44)42-19-21-50(46,47)48)31-10-8-30(9-11-31)34-14-17-38-35(25-34)18-20-49-38/h4-17,22-23,25,37H,18-21,24H2,1-3H3,(H,42,44)(H,43,45)(H,46,47,48)/t37-/m1/s1.